The number of aromatic nitrogens is 2. The predicted octanol–water partition coefficient (Wildman–Crippen LogP) is 4.01. The normalized spacial score (nSPS) is 15.8. The molecular weight excluding hydrogens is 346 g/mol. The van der Waals surface area contributed by atoms with E-state index >= 15 is 0 Å². The molecule has 1 aliphatic rings. The van der Waals surface area contributed by atoms with Crippen molar-refractivity contribution in [1.82, 2.24) is 14.7 Å². The second-order valence-corrected chi connectivity index (χ2v) is 8.58. The average Bonchev–Trinajstić information content (AvgIpc) is 2.95. The van der Waals surface area contributed by atoms with E-state index in [0.717, 1.165) is 41.9 Å². The molecule has 1 aromatic carbocycles. The maximum absolute atomic E-state index is 12.3. The quantitative estimate of drug-likeness (QED) is 0.606. The van der Waals surface area contributed by atoms with E-state index in [1.807, 2.05) is 35.2 Å². The summed E-state index contributed by atoms with van der Waals surface area (Å²) in [5, 5.41) is 4.53. The van der Waals surface area contributed by atoms with Crippen LogP contribution in [0.4, 0.5) is 0 Å². The summed E-state index contributed by atoms with van der Waals surface area (Å²) in [7, 11) is 0. The first-order valence-corrected chi connectivity index (χ1v) is 9.90. The van der Waals surface area contributed by atoms with E-state index in [0.29, 0.717) is 9.71 Å². The predicted molar refractivity (Wildman–Crippen MR) is 98.0 cm³/mol. The van der Waals surface area contributed by atoms with Gasteiger partial charge in [0.05, 0.1) is 11.4 Å². The Hall–Kier alpha value is -1.18. The number of benzene rings is 1. The van der Waals surface area contributed by atoms with E-state index in [2.05, 4.69) is 12.0 Å². The van der Waals surface area contributed by atoms with Crippen LogP contribution in [0.15, 0.2) is 34.7 Å². The van der Waals surface area contributed by atoms with Crippen LogP contribution < -0.4 is 0 Å². The van der Waals surface area contributed by atoms with Crippen molar-refractivity contribution in [2.24, 2.45) is 5.92 Å². The van der Waals surface area contributed by atoms with Crippen LogP contribution in [-0.2, 0) is 4.79 Å². The van der Waals surface area contributed by atoms with E-state index in [-0.39, 0.29) is 5.91 Å². The summed E-state index contributed by atoms with van der Waals surface area (Å²) in [5.41, 5.74) is 0.956. The van der Waals surface area contributed by atoms with Crippen LogP contribution in [0.5, 0.6) is 0 Å². The summed E-state index contributed by atoms with van der Waals surface area (Å²) < 4.78 is 3.31. The van der Waals surface area contributed by atoms with Gasteiger partial charge in [-0.1, -0.05) is 48.2 Å². The first-order chi connectivity index (χ1) is 11.1. The lowest BCUT2D eigenvalue weighted by Crippen LogP contribution is -2.38. The van der Waals surface area contributed by atoms with Crippen LogP contribution in [0.1, 0.15) is 19.8 Å². The van der Waals surface area contributed by atoms with E-state index in [9.17, 15) is 4.79 Å². The molecule has 2 aromatic rings. The molecule has 1 saturated heterocycles. The highest BCUT2D eigenvalue weighted by atomic mass is 32.2. The fourth-order valence-electron chi connectivity index (χ4n) is 2.52. The molecule has 1 amide bonds. The molecule has 3 rings (SSSR count). The van der Waals surface area contributed by atoms with Crippen molar-refractivity contribution < 1.29 is 4.79 Å². The zero-order valence-corrected chi connectivity index (χ0v) is 15.4. The number of nitrogens with zero attached hydrogens (tertiary/aromatic N) is 3. The van der Waals surface area contributed by atoms with Crippen LogP contribution in [0.2, 0.25) is 0 Å². The zero-order chi connectivity index (χ0) is 16.2. The number of likely N-dealkylation sites (tertiary alicyclic amines) is 1. The van der Waals surface area contributed by atoms with E-state index < -0.39 is 0 Å². The second kappa shape index (κ2) is 7.59. The highest BCUT2D eigenvalue weighted by molar-refractivity contribution is 8.01. The van der Waals surface area contributed by atoms with Gasteiger partial charge in [-0.15, -0.1) is 5.10 Å². The fourth-order valence-corrected chi connectivity index (χ4v) is 4.79. The molecule has 0 spiro atoms. The SMILES string of the molecule is CC1CCN(C(=O)CSc2nn(-c3ccccc3)c(=S)s2)CC1. The summed E-state index contributed by atoms with van der Waals surface area (Å²) in [5.74, 6) is 1.37. The number of para-hydroxylation sites is 1. The van der Waals surface area contributed by atoms with Crippen molar-refractivity contribution in [2.75, 3.05) is 18.8 Å². The first-order valence-electron chi connectivity index (χ1n) is 7.69. The van der Waals surface area contributed by atoms with Gasteiger partial charge in [0.2, 0.25) is 5.91 Å². The molecule has 1 aromatic heterocycles. The topological polar surface area (TPSA) is 38.1 Å². The molecule has 0 N–H and O–H groups in total. The third-order valence-corrected chi connectivity index (χ3v) is 6.34. The second-order valence-electron chi connectivity index (χ2n) is 5.73. The Morgan fingerprint density at radius 3 is 2.74 bits per heavy atom. The van der Waals surface area contributed by atoms with Gasteiger partial charge in [-0.3, -0.25) is 4.79 Å². The highest BCUT2D eigenvalue weighted by Gasteiger charge is 2.20. The summed E-state index contributed by atoms with van der Waals surface area (Å²) in [6, 6.07) is 9.84. The van der Waals surface area contributed by atoms with Gasteiger partial charge in [0.25, 0.3) is 0 Å². The maximum Gasteiger partial charge on any atom is 0.233 e. The monoisotopic (exact) mass is 365 g/mol. The Kier molecular flexibility index (Phi) is 5.50. The molecule has 0 radical (unpaired) electrons. The minimum Gasteiger partial charge on any atom is -0.342 e. The van der Waals surface area contributed by atoms with Gasteiger partial charge in [0, 0.05) is 13.1 Å². The Bertz CT molecular complexity index is 718. The molecule has 0 unspecified atom stereocenters. The number of amides is 1. The third-order valence-electron chi connectivity index (χ3n) is 3.99. The van der Waals surface area contributed by atoms with Crippen molar-refractivity contribution in [1.29, 1.82) is 0 Å². The number of piperidine rings is 1. The van der Waals surface area contributed by atoms with Gasteiger partial charge in [0.15, 0.2) is 8.29 Å². The Labute approximate surface area is 149 Å². The van der Waals surface area contributed by atoms with Gasteiger partial charge in [-0.25, -0.2) is 4.68 Å². The van der Waals surface area contributed by atoms with Crippen LogP contribution in [-0.4, -0.2) is 39.4 Å². The molecule has 2 heterocycles. The molecule has 1 aliphatic heterocycles. The molecule has 23 heavy (non-hydrogen) atoms. The number of hydrogen-bond donors (Lipinski definition) is 0. The number of rotatable bonds is 4. The smallest absolute Gasteiger partial charge is 0.233 e. The summed E-state index contributed by atoms with van der Waals surface area (Å²) in [4.78, 5) is 14.3. The lowest BCUT2D eigenvalue weighted by molar-refractivity contribution is -0.129. The van der Waals surface area contributed by atoms with Crippen molar-refractivity contribution in [3.8, 4) is 5.69 Å². The number of carbonyl (C=O) groups excluding carboxylic acids is 1. The van der Waals surface area contributed by atoms with Gasteiger partial charge in [-0.05, 0) is 43.1 Å². The van der Waals surface area contributed by atoms with Crippen molar-refractivity contribution >= 4 is 41.2 Å². The van der Waals surface area contributed by atoms with Crippen molar-refractivity contribution in [3.63, 3.8) is 0 Å². The molecule has 4 nitrogen and oxygen atoms in total. The van der Waals surface area contributed by atoms with E-state index in [1.165, 1.54) is 23.1 Å². The van der Waals surface area contributed by atoms with Gasteiger partial charge in [0.1, 0.15) is 0 Å². The van der Waals surface area contributed by atoms with Gasteiger partial charge >= 0.3 is 0 Å². The molecular formula is C16H19N3OS3. The highest BCUT2D eigenvalue weighted by Crippen LogP contribution is 2.25. The third kappa shape index (κ3) is 4.22. The Morgan fingerprint density at radius 1 is 1.35 bits per heavy atom. The minimum atomic E-state index is 0.203. The number of hydrogen-bond acceptors (Lipinski definition) is 5. The van der Waals surface area contributed by atoms with Crippen LogP contribution in [0.25, 0.3) is 5.69 Å². The van der Waals surface area contributed by atoms with E-state index in [4.69, 9.17) is 12.2 Å². The van der Waals surface area contributed by atoms with Crippen molar-refractivity contribution in [2.45, 2.75) is 24.1 Å². The van der Waals surface area contributed by atoms with Crippen LogP contribution in [0.3, 0.4) is 0 Å². The fraction of sp³-hybridized carbons (Fsp3) is 0.438. The molecule has 1 fully saturated rings. The largest absolute Gasteiger partial charge is 0.342 e. The lowest BCUT2D eigenvalue weighted by Gasteiger charge is -2.30. The van der Waals surface area contributed by atoms with E-state index in [1.54, 1.807) is 4.68 Å². The van der Waals surface area contributed by atoms with Crippen LogP contribution >= 0.6 is 35.3 Å². The molecule has 7 heteroatoms. The lowest BCUT2D eigenvalue weighted by atomic mass is 9.99. The number of carbonyl (C=O) groups is 1. The molecule has 0 atom stereocenters. The first kappa shape index (κ1) is 16.7. The van der Waals surface area contributed by atoms with Crippen LogP contribution in [0, 0.1) is 9.87 Å². The number of thioether (sulfide) groups is 1. The summed E-state index contributed by atoms with van der Waals surface area (Å²) in [6.45, 7) is 4.02. The molecule has 0 saturated carbocycles. The van der Waals surface area contributed by atoms with Crippen molar-refractivity contribution in [3.05, 3.63) is 34.3 Å². The Morgan fingerprint density at radius 2 is 2.04 bits per heavy atom. The maximum atomic E-state index is 12.3. The molecule has 122 valence electrons. The zero-order valence-electron chi connectivity index (χ0n) is 13.0. The van der Waals surface area contributed by atoms with Gasteiger partial charge in [-0.2, -0.15) is 0 Å². The summed E-state index contributed by atoms with van der Waals surface area (Å²) in [6.07, 6.45) is 2.22. The Balaban J connectivity index is 1.61. The molecule has 0 bridgehead atoms. The van der Waals surface area contributed by atoms with Gasteiger partial charge < -0.3 is 4.90 Å². The standard InChI is InChI=1S/C16H19N3OS3/c1-12-7-9-18(10-8-12)14(20)11-22-15-17-19(16(21)23-15)13-5-3-2-4-6-13/h2-6,12H,7-11H2,1H3. The molecule has 0 aliphatic carbocycles. The average molecular weight is 366 g/mol. The summed E-state index contributed by atoms with van der Waals surface area (Å²) >= 11 is 8.32. The minimum absolute atomic E-state index is 0.203.